The van der Waals surface area contributed by atoms with Crippen molar-refractivity contribution in [1.82, 2.24) is 9.97 Å². The zero-order valence-electron chi connectivity index (χ0n) is 23.7. The van der Waals surface area contributed by atoms with Crippen LogP contribution in [-0.2, 0) is 15.8 Å². The summed E-state index contributed by atoms with van der Waals surface area (Å²) in [6.45, 7) is 5.18. The second-order valence-electron chi connectivity index (χ2n) is 11.7. The van der Waals surface area contributed by atoms with Crippen LogP contribution in [0.15, 0.2) is 54.6 Å². The number of aromatic nitrogens is 2. The minimum atomic E-state index is -1.55. The van der Waals surface area contributed by atoms with Crippen molar-refractivity contribution in [2.45, 2.75) is 63.6 Å². The fraction of sp³-hybridized carbons (Fsp3) is 0.333. The van der Waals surface area contributed by atoms with Crippen LogP contribution >= 0.6 is 0 Å². The standard InChI is InChI=1S/C33H32FN3O5/c1-18-4-5-20-14-21(15-26(28(20)36-18)42-23-10-11-23)25(38)12-13-33(3,40)27-16-24-30(41-17-32(24,2)31(35)39)29(37-27)19-6-8-22(34)9-7-19/h4-9,14-16,23,40H,10-13,17H2,1-3H3,(H2,35,39)/t32-,33-/m0/s1. The van der Waals surface area contributed by atoms with Gasteiger partial charge in [-0.25, -0.2) is 14.4 Å². The van der Waals surface area contributed by atoms with Crippen LogP contribution in [0.1, 0.15) is 66.8 Å². The van der Waals surface area contributed by atoms with Gasteiger partial charge in [-0.05, 0) is 88.6 Å². The summed E-state index contributed by atoms with van der Waals surface area (Å²) < 4.78 is 25.7. The number of ether oxygens (including phenoxy) is 2. The van der Waals surface area contributed by atoms with Crippen molar-refractivity contribution < 1.29 is 28.6 Å². The molecule has 4 aromatic rings. The van der Waals surface area contributed by atoms with Crippen LogP contribution in [0.25, 0.3) is 22.2 Å². The quantitative estimate of drug-likeness (QED) is 0.262. The maximum atomic E-state index is 13.7. The van der Waals surface area contributed by atoms with Gasteiger partial charge in [0.2, 0.25) is 5.91 Å². The number of hydrogen-bond donors (Lipinski definition) is 2. The minimum absolute atomic E-state index is 0.0131. The molecule has 42 heavy (non-hydrogen) atoms. The van der Waals surface area contributed by atoms with Gasteiger partial charge < -0.3 is 20.3 Å². The molecule has 216 valence electrons. The topological polar surface area (TPSA) is 125 Å². The summed E-state index contributed by atoms with van der Waals surface area (Å²) in [5, 5.41) is 12.5. The number of fused-ring (bicyclic) bond motifs is 2. The van der Waals surface area contributed by atoms with Crippen molar-refractivity contribution in [2.24, 2.45) is 5.73 Å². The Labute approximate surface area is 242 Å². The van der Waals surface area contributed by atoms with Gasteiger partial charge in [-0.3, -0.25) is 9.59 Å². The van der Waals surface area contributed by atoms with E-state index >= 15 is 0 Å². The SMILES string of the molecule is Cc1ccc2cc(C(=O)CC[C@](C)(O)c3cc4c(c(-c5ccc(F)cc5)n3)OC[C@]4(C)C(N)=O)cc(OC3CC3)c2n1. The average molecular weight is 570 g/mol. The number of halogens is 1. The number of carbonyl (C=O) groups is 2. The van der Waals surface area contributed by atoms with Crippen LogP contribution in [0.2, 0.25) is 0 Å². The lowest BCUT2D eigenvalue weighted by atomic mass is 9.81. The lowest BCUT2D eigenvalue weighted by Crippen LogP contribution is -2.40. The van der Waals surface area contributed by atoms with E-state index in [-0.39, 0.29) is 37.0 Å². The predicted octanol–water partition coefficient (Wildman–Crippen LogP) is 5.29. The average Bonchev–Trinajstić information content (AvgIpc) is 3.71. The molecule has 2 aromatic carbocycles. The fourth-order valence-corrected chi connectivity index (χ4v) is 5.21. The van der Waals surface area contributed by atoms with Gasteiger partial charge in [-0.2, -0.15) is 0 Å². The van der Waals surface area contributed by atoms with Gasteiger partial charge in [0.25, 0.3) is 0 Å². The van der Waals surface area contributed by atoms with Gasteiger partial charge in [-0.15, -0.1) is 0 Å². The number of pyridine rings is 2. The number of aryl methyl sites for hydroxylation is 1. The highest BCUT2D eigenvalue weighted by Gasteiger charge is 2.45. The van der Waals surface area contributed by atoms with E-state index in [2.05, 4.69) is 4.98 Å². The second kappa shape index (κ2) is 10.2. The van der Waals surface area contributed by atoms with Crippen LogP contribution in [0.3, 0.4) is 0 Å². The molecule has 9 heteroatoms. The number of nitrogens with zero attached hydrogens (tertiary/aromatic N) is 2. The molecule has 0 spiro atoms. The molecule has 3 N–H and O–H groups in total. The number of benzene rings is 2. The first-order valence-corrected chi connectivity index (χ1v) is 14.0. The lowest BCUT2D eigenvalue weighted by molar-refractivity contribution is -0.123. The van der Waals surface area contributed by atoms with E-state index in [9.17, 15) is 19.1 Å². The van der Waals surface area contributed by atoms with Crippen molar-refractivity contribution >= 4 is 22.6 Å². The Hall–Kier alpha value is -4.37. The maximum absolute atomic E-state index is 13.7. The summed E-state index contributed by atoms with van der Waals surface area (Å²) in [7, 11) is 0. The monoisotopic (exact) mass is 569 g/mol. The molecular formula is C33H32FN3O5. The van der Waals surface area contributed by atoms with E-state index in [1.54, 1.807) is 44.2 Å². The summed E-state index contributed by atoms with van der Waals surface area (Å²) in [6.07, 6.45) is 2.16. The van der Waals surface area contributed by atoms with E-state index in [0.717, 1.165) is 29.4 Å². The van der Waals surface area contributed by atoms with Crippen LogP contribution in [-0.4, -0.2) is 39.5 Å². The zero-order chi connectivity index (χ0) is 29.8. The molecule has 2 atom stereocenters. The molecule has 1 saturated carbocycles. The highest BCUT2D eigenvalue weighted by Crippen LogP contribution is 2.46. The maximum Gasteiger partial charge on any atom is 0.231 e. The summed E-state index contributed by atoms with van der Waals surface area (Å²) in [6, 6.07) is 14.7. The van der Waals surface area contributed by atoms with Crippen LogP contribution in [0.5, 0.6) is 11.5 Å². The van der Waals surface area contributed by atoms with E-state index in [4.69, 9.17) is 20.2 Å². The third-order valence-electron chi connectivity index (χ3n) is 8.16. The van der Waals surface area contributed by atoms with Crippen molar-refractivity contribution in [3.8, 4) is 22.8 Å². The molecule has 2 aromatic heterocycles. The first-order chi connectivity index (χ1) is 19.9. The Morgan fingerprint density at radius 3 is 2.57 bits per heavy atom. The Bertz CT molecular complexity index is 1730. The van der Waals surface area contributed by atoms with Crippen molar-refractivity contribution in [2.75, 3.05) is 6.61 Å². The van der Waals surface area contributed by atoms with Crippen molar-refractivity contribution in [3.05, 3.63) is 82.9 Å². The predicted molar refractivity (Wildman–Crippen MR) is 155 cm³/mol. The number of ketones is 1. The van der Waals surface area contributed by atoms with Crippen molar-refractivity contribution in [1.29, 1.82) is 0 Å². The third-order valence-corrected chi connectivity index (χ3v) is 8.16. The van der Waals surface area contributed by atoms with Gasteiger partial charge in [0.15, 0.2) is 5.78 Å². The van der Waals surface area contributed by atoms with Gasteiger partial charge in [0, 0.05) is 34.2 Å². The molecule has 6 rings (SSSR count). The molecule has 0 saturated heterocycles. The Morgan fingerprint density at radius 2 is 1.88 bits per heavy atom. The first-order valence-electron chi connectivity index (χ1n) is 14.0. The summed E-state index contributed by atoms with van der Waals surface area (Å²) in [4.78, 5) is 35.3. The molecule has 8 nitrogen and oxygen atoms in total. The molecule has 0 bridgehead atoms. The fourth-order valence-electron chi connectivity index (χ4n) is 5.21. The summed E-state index contributed by atoms with van der Waals surface area (Å²) >= 11 is 0. The van der Waals surface area contributed by atoms with Gasteiger partial charge in [0.1, 0.15) is 46.1 Å². The number of nitrogens with two attached hydrogens (primary N) is 1. The number of hydrogen-bond acceptors (Lipinski definition) is 7. The zero-order valence-corrected chi connectivity index (χ0v) is 23.7. The second-order valence-corrected chi connectivity index (χ2v) is 11.7. The third kappa shape index (κ3) is 5.09. The van der Waals surface area contributed by atoms with Crippen LogP contribution < -0.4 is 15.2 Å². The summed E-state index contributed by atoms with van der Waals surface area (Å²) in [5.41, 5.74) is 6.77. The lowest BCUT2D eigenvalue weighted by Gasteiger charge is -2.26. The minimum Gasteiger partial charge on any atom is -0.489 e. The van der Waals surface area contributed by atoms with E-state index < -0.39 is 22.7 Å². The molecule has 3 heterocycles. The number of primary amides is 1. The number of Topliss-reactive ketones (excluding diaryl/α,β-unsaturated/α-hetero) is 1. The summed E-state index contributed by atoms with van der Waals surface area (Å²) in [5.74, 6) is -0.206. The molecule has 1 fully saturated rings. The number of rotatable bonds is 9. The highest BCUT2D eigenvalue weighted by atomic mass is 19.1. The molecular weight excluding hydrogens is 537 g/mol. The van der Waals surface area contributed by atoms with Crippen LogP contribution in [0.4, 0.5) is 4.39 Å². The number of amides is 1. The number of aliphatic hydroxyl groups is 1. The van der Waals surface area contributed by atoms with Gasteiger partial charge >= 0.3 is 0 Å². The van der Waals surface area contributed by atoms with Gasteiger partial charge in [-0.1, -0.05) is 6.07 Å². The molecule has 1 aliphatic heterocycles. The molecule has 1 amide bonds. The molecule has 2 aliphatic rings. The van der Waals surface area contributed by atoms with Gasteiger partial charge in [0.05, 0.1) is 11.8 Å². The van der Waals surface area contributed by atoms with E-state index in [0.29, 0.717) is 33.9 Å². The van der Waals surface area contributed by atoms with Crippen molar-refractivity contribution in [3.63, 3.8) is 0 Å². The molecule has 1 aliphatic carbocycles. The highest BCUT2D eigenvalue weighted by molar-refractivity contribution is 6.01. The van der Waals surface area contributed by atoms with E-state index in [1.807, 2.05) is 19.1 Å². The smallest absolute Gasteiger partial charge is 0.231 e. The molecule has 0 radical (unpaired) electrons. The number of carbonyl (C=O) groups excluding carboxylic acids is 2. The normalized spacial score (nSPS) is 19.2. The Morgan fingerprint density at radius 1 is 1.14 bits per heavy atom. The van der Waals surface area contributed by atoms with E-state index in [1.165, 1.54) is 12.1 Å². The first kappa shape index (κ1) is 27.8. The van der Waals surface area contributed by atoms with Crippen LogP contribution in [0, 0.1) is 12.7 Å². The molecule has 0 unspecified atom stereocenters. The Balaban J connectivity index is 1.32. The largest absolute Gasteiger partial charge is 0.489 e. The Kier molecular flexibility index (Phi) is 6.73.